The van der Waals surface area contributed by atoms with E-state index in [1.54, 1.807) is 0 Å². The number of rotatable bonds is 4. The number of piperidine rings is 1. The smallest absolute Gasteiger partial charge is 0.0113 e. The maximum absolute atomic E-state index is 4.07. The predicted octanol–water partition coefficient (Wildman–Crippen LogP) is 3.86. The van der Waals surface area contributed by atoms with E-state index in [0.29, 0.717) is 0 Å². The highest BCUT2D eigenvalue weighted by Gasteiger charge is 2.34. The average Bonchev–Trinajstić information content (AvgIpc) is 3.03. The van der Waals surface area contributed by atoms with Gasteiger partial charge in [0.15, 0.2) is 0 Å². The molecule has 2 saturated carbocycles. The molecule has 1 heterocycles. The Kier molecular flexibility index (Phi) is 5.39. The summed E-state index contributed by atoms with van der Waals surface area (Å²) >= 11 is 0. The summed E-state index contributed by atoms with van der Waals surface area (Å²) in [6.07, 6.45) is 15.9. The van der Waals surface area contributed by atoms with Gasteiger partial charge in [0.2, 0.25) is 0 Å². The summed E-state index contributed by atoms with van der Waals surface area (Å²) in [5, 5.41) is 7.89. The molecule has 0 amide bonds. The summed E-state index contributed by atoms with van der Waals surface area (Å²) in [6, 6.07) is 2.33. The van der Waals surface area contributed by atoms with Crippen LogP contribution >= 0.6 is 0 Å². The highest BCUT2D eigenvalue weighted by Crippen LogP contribution is 2.33. The van der Waals surface area contributed by atoms with E-state index in [2.05, 4.69) is 17.6 Å². The third-order valence-corrected chi connectivity index (χ3v) is 6.27. The van der Waals surface area contributed by atoms with Crippen molar-refractivity contribution in [3.05, 3.63) is 0 Å². The largest absolute Gasteiger partial charge is 0.314 e. The molecule has 3 fully saturated rings. The summed E-state index contributed by atoms with van der Waals surface area (Å²) < 4.78 is 0. The first-order chi connectivity index (χ1) is 9.84. The van der Waals surface area contributed by atoms with Crippen LogP contribution in [0.4, 0.5) is 0 Å². The minimum Gasteiger partial charge on any atom is -0.314 e. The van der Waals surface area contributed by atoms with Crippen LogP contribution in [0.2, 0.25) is 0 Å². The Morgan fingerprint density at radius 3 is 2.30 bits per heavy atom. The lowest BCUT2D eigenvalue weighted by molar-refractivity contribution is 0.163. The van der Waals surface area contributed by atoms with Crippen molar-refractivity contribution < 1.29 is 0 Å². The van der Waals surface area contributed by atoms with Gasteiger partial charge in [-0.15, -0.1) is 0 Å². The van der Waals surface area contributed by atoms with Gasteiger partial charge in [0, 0.05) is 18.1 Å². The molecule has 0 aromatic rings. The van der Waals surface area contributed by atoms with Gasteiger partial charge < -0.3 is 10.6 Å². The molecular weight excluding hydrogens is 244 g/mol. The third-order valence-electron chi connectivity index (χ3n) is 6.27. The van der Waals surface area contributed by atoms with Gasteiger partial charge in [-0.2, -0.15) is 0 Å². The van der Waals surface area contributed by atoms with Crippen LogP contribution in [-0.2, 0) is 0 Å². The molecule has 3 rings (SSSR count). The van der Waals surface area contributed by atoms with Crippen LogP contribution in [0.25, 0.3) is 0 Å². The van der Waals surface area contributed by atoms with Gasteiger partial charge >= 0.3 is 0 Å². The van der Waals surface area contributed by atoms with Gasteiger partial charge in [-0.3, -0.25) is 0 Å². The lowest BCUT2D eigenvalue weighted by atomic mass is 9.76. The van der Waals surface area contributed by atoms with Gasteiger partial charge in [0.05, 0.1) is 0 Å². The SMILES string of the molecule is CC(NC1CCCCC1C1CCCCN1)C1CCCC1. The molecular formula is C18H34N2. The van der Waals surface area contributed by atoms with E-state index < -0.39 is 0 Å². The van der Waals surface area contributed by atoms with Crippen molar-refractivity contribution in [1.29, 1.82) is 0 Å². The first kappa shape index (κ1) is 14.8. The zero-order valence-corrected chi connectivity index (χ0v) is 13.4. The fourth-order valence-corrected chi connectivity index (χ4v) is 5.02. The normalized spacial score (nSPS) is 38.0. The van der Waals surface area contributed by atoms with Crippen LogP contribution in [0.1, 0.15) is 77.6 Å². The molecule has 0 spiro atoms. The highest BCUT2D eigenvalue weighted by atomic mass is 15.0. The first-order valence-corrected chi connectivity index (χ1v) is 9.34. The van der Waals surface area contributed by atoms with Crippen LogP contribution < -0.4 is 10.6 Å². The minimum absolute atomic E-state index is 0.742. The summed E-state index contributed by atoms with van der Waals surface area (Å²) in [5.74, 6) is 1.85. The molecule has 2 nitrogen and oxygen atoms in total. The van der Waals surface area contributed by atoms with Crippen LogP contribution in [0.5, 0.6) is 0 Å². The maximum atomic E-state index is 4.07. The molecule has 0 radical (unpaired) electrons. The predicted molar refractivity (Wildman–Crippen MR) is 85.9 cm³/mol. The molecule has 0 aromatic carbocycles. The molecule has 2 heteroatoms. The topological polar surface area (TPSA) is 24.1 Å². The minimum atomic E-state index is 0.742. The Labute approximate surface area is 125 Å². The summed E-state index contributed by atoms with van der Waals surface area (Å²) in [4.78, 5) is 0. The second kappa shape index (κ2) is 7.26. The van der Waals surface area contributed by atoms with Gasteiger partial charge in [-0.1, -0.05) is 32.1 Å². The highest BCUT2D eigenvalue weighted by molar-refractivity contribution is 4.92. The summed E-state index contributed by atoms with van der Waals surface area (Å²) in [6.45, 7) is 3.71. The molecule has 0 bridgehead atoms. The zero-order chi connectivity index (χ0) is 13.8. The summed E-state index contributed by atoms with van der Waals surface area (Å²) in [5.41, 5.74) is 0. The van der Waals surface area contributed by atoms with E-state index in [9.17, 15) is 0 Å². The van der Waals surface area contributed by atoms with E-state index in [1.165, 1.54) is 77.2 Å². The molecule has 1 aliphatic heterocycles. The zero-order valence-electron chi connectivity index (χ0n) is 13.4. The van der Waals surface area contributed by atoms with Gasteiger partial charge in [-0.25, -0.2) is 0 Å². The molecule has 4 unspecified atom stereocenters. The van der Waals surface area contributed by atoms with Crippen LogP contribution in [0, 0.1) is 11.8 Å². The molecule has 0 aromatic heterocycles. The van der Waals surface area contributed by atoms with Crippen LogP contribution in [-0.4, -0.2) is 24.7 Å². The monoisotopic (exact) mass is 278 g/mol. The second-order valence-corrected chi connectivity index (χ2v) is 7.61. The van der Waals surface area contributed by atoms with E-state index in [1.807, 2.05) is 0 Å². The standard InChI is InChI=1S/C18H34N2/c1-14(15-8-2-3-9-15)20-18-12-5-4-10-16(18)17-11-6-7-13-19-17/h14-20H,2-13H2,1H3. The van der Waals surface area contributed by atoms with Crippen molar-refractivity contribution >= 4 is 0 Å². The Morgan fingerprint density at radius 1 is 0.850 bits per heavy atom. The quantitative estimate of drug-likeness (QED) is 0.816. The summed E-state index contributed by atoms with van der Waals surface area (Å²) in [7, 11) is 0. The van der Waals surface area contributed by atoms with E-state index >= 15 is 0 Å². The van der Waals surface area contributed by atoms with Gasteiger partial charge in [0.1, 0.15) is 0 Å². The molecule has 2 N–H and O–H groups in total. The van der Waals surface area contributed by atoms with Crippen LogP contribution in [0.15, 0.2) is 0 Å². The molecule has 4 atom stereocenters. The Balaban J connectivity index is 1.56. The second-order valence-electron chi connectivity index (χ2n) is 7.61. The van der Waals surface area contributed by atoms with Crippen molar-refractivity contribution in [1.82, 2.24) is 10.6 Å². The van der Waals surface area contributed by atoms with E-state index in [0.717, 1.165) is 30.0 Å². The Bertz CT molecular complexity index is 279. The number of hydrogen-bond acceptors (Lipinski definition) is 2. The van der Waals surface area contributed by atoms with Crippen LogP contribution in [0.3, 0.4) is 0 Å². The molecule has 116 valence electrons. The Hall–Kier alpha value is -0.0800. The van der Waals surface area contributed by atoms with Gasteiger partial charge in [-0.05, 0) is 63.8 Å². The third kappa shape index (κ3) is 3.57. The fourth-order valence-electron chi connectivity index (χ4n) is 5.02. The van der Waals surface area contributed by atoms with E-state index in [-0.39, 0.29) is 0 Å². The van der Waals surface area contributed by atoms with Crippen molar-refractivity contribution in [3.8, 4) is 0 Å². The van der Waals surface area contributed by atoms with Crippen molar-refractivity contribution in [2.24, 2.45) is 11.8 Å². The lowest BCUT2D eigenvalue weighted by Crippen LogP contribution is -2.53. The average molecular weight is 278 g/mol. The number of nitrogens with one attached hydrogen (secondary N) is 2. The van der Waals surface area contributed by atoms with Crippen molar-refractivity contribution in [3.63, 3.8) is 0 Å². The molecule has 3 aliphatic rings. The molecule has 2 aliphatic carbocycles. The maximum Gasteiger partial charge on any atom is 0.0113 e. The van der Waals surface area contributed by atoms with Gasteiger partial charge in [0.25, 0.3) is 0 Å². The Morgan fingerprint density at radius 2 is 1.55 bits per heavy atom. The van der Waals surface area contributed by atoms with E-state index in [4.69, 9.17) is 0 Å². The lowest BCUT2D eigenvalue weighted by Gasteiger charge is -2.41. The van der Waals surface area contributed by atoms with Crippen molar-refractivity contribution in [2.75, 3.05) is 6.54 Å². The molecule has 20 heavy (non-hydrogen) atoms. The fraction of sp³-hybridized carbons (Fsp3) is 1.00. The molecule has 1 saturated heterocycles. The number of hydrogen-bond donors (Lipinski definition) is 2. The first-order valence-electron chi connectivity index (χ1n) is 9.34. The van der Waals surface area contributed by atoms with Crippen molar-refractivity contribution in [2.45, 2.75) is 95.7 Å².